The minimum absolute atomic E-state index is 0.224. The first-order chi connectivity index (χ1) is 12.6. The van der Waals surface area contributed by atoms with Crippen LogP contribution in [0.5, 0.6) is 5.75 Å². The Morgan fingerprint density at radius 3 is 2.50 bits per heavy atom. The van der Waals surface area contributed by atoms with Gasteiger partial charge in [-0.05, 0) is 19.1 Å². The molecule has 134 valence electrons. The molecule has 0 N–H and O–H groups in total. The predicted molar refractivity (Wildman–Crippen MR) is 104 cm³/mol. The number of thiazole rings is 1. The topological polar surface area (TPSA) is 48.4 Å². The van der Waals surface area contributed by atoms with Crippen molar-refractivity contribution >= 4 is 40.5 Å². The Bertz CT molecular complexity index is 889. The molecule has 1 aromatic heterocycles. The lowest BCUT2D eigenvalue weighted by atomic mass is 10.2. The van der Waals surface area contributed by atoms with E-state index < -0.39 is 5.97 Å². The van der Waals surface area contributed by atoms with Crippen molar-refractivity contribution < 1.29 is 14.3 Å². The van der Waals surface area contributed by atoms with Crippen LogP contribution in [0.4, 0.5) is 0 Å². The molecule has 0 aliphatic rings. The SMILES string of the molecule is CCOC(=O)c1cc(Cl)c(OCc2csc(-c3ccccc3)n2)c(Cl)c1. The van der Waals surface area contributed by atoms with Gasteiger partial charge in [0.25, 0.3) is 0 Å². The molecule has 2 aromatic carbocycles. The van der Waals surface area contributed by atoms with Crippen LogP contribution in [-0.4, -0.2) is 17.6 Å². The van der Waals surface area contributed by atoms with Gasteiger partial charge in [-0.3, -0.25) is 0 Å². The third-order valence-corrected chi connectivity index (χ3v) is 4.95. The van der Waals surface area contributed by atoms with E-state index in [1.807, 2.05) is 35.7 Å². The summed E-state index contributed by atoms with van der Waals surface area (Å²) in [5, 5.41) is 3.34. The first-order valence-corrected chi connectivity index (χ1v) is 9.51. The maximum Gasteiger partial charge on any atom is 0.338 e. The quantitative estimate of drug-likeness (QED) is 0.479. The zero-order chi connectivity index (χ0) is 18.5. The van der Waals surface area contributed by atoms with Crippen LogP contribution in [-0.2, 0) is 11.3 Å². The molecule has 3 rings (SSSR count). The molecule has 1 heterocycles. The van der Waals surface area contributed by atoms with Crippen LogP contribution < -0.4 is 4.74 Å². The van der Waals surface area contributed by atoms with Crippen LogP contribution in [0.1, 0.15) is 23.0 Å². The van der Waals surface area contributed by atoms with Crippen LogP contribution >= 0.6 is 34.5 Å². The number of aromatic nitrogens is 1. The third kappa shape index (κ3) is 4.36. The van der Waals surface area contributed by atoms with E-state index >= 15 is 0 Å². The second kappa shape index (κ2) is 8.54. The molecule has 0 atom stereocenters. The molecule has 3 aromatic rings. The second-order valence-electron chi connectivity index (χ2n) is 5.29. The van der Waals surface area contributed by atoms with E-state index in [1.54, 1.807) is 6.92 Å². The number of rotatable bonds is 6. The summed E-state index contributed by atoms with van der Waals surface area (Å²) >= 11 is 14.0. The molecular weight excluding hydrogens is 393 g/mol. The van der Waals surface area contributed by atoms with Crippen LogP contribution in [0.2, 0.25) is 10.0 Å². The summed E-state index contributed by atoms with van der Waals surface area (Å²) in [5.41, 5.74) is 2.11. The number of carbonyl (C=O) groups is 1. The highest BCUT2D eigenvalue weighted by Gasteiger charge is 2.15. The molecule has 0 fully saturated rings. The van der Waals surface area contributed by atoms with Crippen LogP contribution in [0, 0.1) is 0 Å². The monoisotopic (exact) mass is 407 g/mol. The van der Waals surface area contributed by atoms with E-state index in [9.17, 15) is 4.79 Å². The van der Waals surface area contributed by atoms with Gasteiger partial charge in [0, 0.05) is 10.9 Å². The highest BCUT2D eigenvalue weighted by molar-refractivity contribution is 7.13. The summed E-state index contributed by atoms with van der Waals surface area (Å²) < 4.78 is 10.7. The molecule has 0 aliphatic carbocycles. The van der Waals surface area contributed by atoms with Crippen molar-refractivity contribution in [2.45, 2.75) is 13.5 Å². The molecule has 0 spiro atoms. The predicted octanol–water partition coefficient (Wildman–Crippen LogP) is 5.87. The van der Waals surface area contributed by atoms with E-state index in [-0.39, 0.29) is 28.8 Å². The molecule has 0 saturated carbocycles. The highest BCUT2D eigenvalue weighted by Crippen LogP contribution is 2.35. The summed E-state index contributed by atoms with van der Waals surface area (Å²) in [7, 11) is 0. The van der Waals surface area contributed by atoms with Crippen molar-refractivity contribution in [2.24, 2.45) is 0 Å². The standard InChI is InChI=1S/C19H15Cl2NO3S/c1-2-24-19(23)13-8-15(20)17(16(21)9-13)25-10-14-11-26-18(22-14)12-6-4-3-5-7-12/h3-9,11H,2,10H2,1H3. The van der Waals surface area contributed by atoms with E-state index in [0.717, 1.165) is 16.3 Å². The number of hydrogen-bond acceptors (Lipinski definition) is 5. The molecule has 0 aliphatic heterocycles. The fraction of sp³-hybridized carbons (Fsp3) is 0.158. The van der Waals surface area contributed by atoms with Crippen molar-refractivity contribution in [1.29, 1.82) is 0 Å². The van der Waals surface area contributed by atoms with Crippen LogP contribution in [0.25, 0.3) is 10.6 Å². The second-order valence-corrected chi connectivity index (χ2v) is 6.96. The lowest BCUT2D eigenvalue weighted by molar-refractivity contribution is 0.0526. The number of hydrogen-bond donors (Lipinski definition) is 0. The normalized spacial score (nSPS) is 10.6. The van der Waals surface area contributed by atoms with Gasteiger partial charge < -0.3 is 9.47 Å². The minimum atomic E-state index is -0.477. The van der Waals surface area contributed by atoms with Gasteiger partial charge in [0.15, 0.2) is 5.75 Å². The zero-order valence-electron chi connectivity index (χ0n) is 13.9. The largest absolute Gasteiger partial charge is 0.484 e. The van der Waals surface area contributed by atoms with Gasteiger partial charge in [-0.15, -0.1) is 11.3 Å². The maximum atomic E-state index is 11.8. The number of ether oxygens (including phenoxy) is 2. The Balaban J connectivity index is 1.72. The molecule has 0 amide bonds. The molecule has 0 bridgehead atoms. The Labute approximate surface area is 165 Å². The zero-order valence-corrected chi connectivity index (χ0v) is 16.2. The molecule has 26 heavy (non-hydrogen) atoms. The van der Waals surface area contributed by atoms with Gasteiger partial charge in [-0.2, -0.15) is 0 Å². The summed E-state index contributed by atoms with van der Waals surface area (Å²) in [5.74, 6) is -0.162. The summed E-state index contributed by atoms with van der Waals surface area (Å²) in [4.78, 5) is 16.3. The first-order valence-electron chi connectivity index (χ1n) is 7.87. The number of esters is 1. The van der Waals surface area contributed by atoms with Crippen molar-refractivity contribution in [2.75, 3.05) is 6.61 Å². The number of benzene rings is 2. The summed E-state index contributed by atoms with van der Waals surface area (Å²) in [6, 6.07) is 12.9. The van der Waals surface area contributed by atoms with Crippen LogP contribution in [0.15, 0.2) is 47.8 Å². The Kier molecular flexibility index (Phi) is 6.14. The third-order valence-electron chi connectivity index (χ3n) is 3.45. The molecule has 4 nitrogen and oxygen atoms in total. The Morgan fingerprint density at radius 1 is 1.15 bits per heavy atom. The molecule has 0 unspecified atom stereocenters. The van der Waals surface area contributed by atoms with Gasteiger partial charge in [0.2, 0.25) is 0 Å². The smallest absolute Gasteiger partial charge is 0.338 e. The van der Waals surface area contributed by atoms with Gasteiger partial charge in [-0.1, -0.05) is 53.5 Å². The molecular formula is C19H15Cl2NO3S. The average molecular weight is 408 g/mol. The maximum absolute atomic E-state index is 11.8. The van der Waals surface area contributed by atoms with E-state index in [2.05, 4.69) is 4.98 Å². The van der Waals surface area contributed by atoms with Gasteiger partial charge in [-0.25, -0.2) is 9.78 Å². The summed E-state index contributed by atoms with van der Waals surface area (Å²) in [6.07, 6.45) is 0. The highest BCUT2D eigenvalue weighted by atomic mass is 35.5. The Morgan fingerprint density at radius 2 is 1.85 bits per heavy atom. The fourth-order valence-corrected chi connectivity index (χ4v) is 3.67. The number of nitrogens with zero attached hydrogens (tertiary/aromatic N) is 1. The fourth-order valence-electron chi connectivity index (χ4n) is 2.26. The lowest BCUT2D eigenvalue weighted by Crippen LogP contribution is -2.05. The number of carbonyl (C=O) groups excluding carboxylic acids is 1. The van der Waals surface area contributed by atoms with Crippen LogP contribution in [0.3, 0.4) is 0 Å². The van der Waals surface area contributed by atoms with Crippen molar-refractivity contribution in [1.82, 2.24) is 4.98 Å². The molecule has 7 heteroatoms. The van der Waals surface area contributed by atoms with E-state index in [1.165, 1.54) is 23.5 Å². The van der Waals surface area contributed by atoms with Crippen molar-refractivity contribution in [3.63, 3.8) is 0 Å². The van der Waals surface area contributed by atoms with Crippen molar-refractivity contribution in [3.8, 4) is 16.3 Å². The number of halogens is 2. The molecule has 0 saturated heterocycles. The Hall–Kier alpha value is -2.08. The summed E-state index contributed by atoms with van der Waals surface area (Å²) in [6.45, 7) is 2.23. The van der Waals surface area contributed by atoms with Gasteiger partial charge >= 0.3 is 5.97 Å². The van der Waals surface area contributed by atoms with E-state index in [0.29, 0.717) is 5.75 Å². The minimum Gasteiger partial charge on any atom is -0.484 e. The first kappa shape index (κ1) is 18.7. The van der Waals surface area contributed by atoms with Crippen molar-refractivity contribution in [3.05, 3.63) is 69.1 Å². The van der Waals surface area contributed by atoms with Gasteiger partial charge in [0.1, 0.15) is 11.6 Å². The van der Waals surface area contributed by atoms with E-state index in [4.69, 9.17) is 32.7 Å². The lowest BCUT2D eigenvalue weighted by Gasteiger charge is -2.10. The van der Waals surface area contributed by atoms with Gasteiger partial charge in [0.05, 0.1) is 27.9 Å². The average Bonchev–Trinajstić information content (AvgIpc) is 3.11. The molecule has 0 radical (unpaired) electrons.